The molecule has 0 aromatic heterocycles. The Labute approximate surface area is 153 Å². The summed E-state index contributed by atoms with van der Waals surface area (Å²) < 4.78 is 0. The lowest BCUT2D eigenvalue weighted by atomic mass is 10.0. The number of halogens is 2. The third-order valence-corrected chi connectivity index (χ3v) is 4.49. The lowest BCUT2D eigenvalue weighted by Crippen LogP contribution is -2.40. The molecule has 5 heteroatoms. The molecule has 0 spiro atoms. The first kappa shape index (κ1) is 18.8. The predicted octanol–water partition coefficient (Wildman–Crippen LogP) is 4.79. The van der Waals surface area contributed by atoms with Gasteiger partial charge in [-0.2, -0.15) is 0 Å². The van der Waals surface area contributed by atoms with Crippen LogP contribution < -0.4 is 11.1 Å². The molecule has 0 aliphatic rings. The van der Waals surface area contributed by atoms with E-state index in [9.17, 15) is 4.79 Å². The van der Waals surface area contributed by atoms with Crippen molar-refractivity contribution >= 4 is 29.1 Å². The number of nitrogens with two attached hydrogens (primary N) is 1. The monoisotopic (exact) mass is 364 g/mol. The molecule has 1 amide bonds. The van der Waals surface area contributed by atoms with Crippen LogP contribution in [0.5, 0.6) is 0 Å². The van der Waals surface area contributed by atoms with Gasteiger partial charge in [0, 0.05) is 16.6 Å². The maximum atomic E-state index is 12.0. The first-order chi connectivity index (χ1) is 11.5. The first-order valence-electron chi connectivity index (χ1n) is 8.09. The van der Waals surface area contributed by atoms with Crippen LogP contribution in [-0.4, -0.2) is 11.9 Å². The van der Waals surface area contributed by atoms with Gasteiger partial charge in [-0.25, -0.2) is 0 Å². The highest BCUT2D eigenvalue weighted by Crippen LogP contribution is 2.26. The molecule has 0 aliphatic heterocycles. The number of carbonyl (C=O) groups is 1. The molecule has 0 saturated carbocycles. The van der Waals surface area contributed by atoms with Crippen molar-refractivity contribution < 1.29 is 4.79 Å². The van der Waals surface area contributed by atoms with Crippen molar-refractivity contribution in [1.29, 1.82) is 0 Å². The number of amides is 1. The van der Waals surface area contributed by atoms with E-state index in [1.807, 2.05) is 42.5 Å². The normalized spacial score (nSPS) is 12.0. The van der Waals surface area contributed by atoms with E-state index < -0.39 is 6.04 Å². The summed E-state index contributed by atoms with van der Waals surface area (Å²) >= 11 is 12.3. The van der Waals surface area contributed by atoms with Crippen molar-refractivity contribution in [2.75, 3.05) is 0 Å². The van der Waals surface area contributed by atoms with Crippen LogP contribution in [0.2, 0.25) is 10.0 Å². The fourth-order valence-corrected chi connectivity index (χ4v) is 2.75. The molecule has 0 bridgehead atoms. The zero-order chi connectivity index (χ0) is 17.5. The van der Waals surface area contributed by atoms with Crippen LogP contribution in [0.15, 0.2) is 42.5 Å². The minimum atomic E-state index is -0.461. The Morgan fingerprint density at radius 1 is 1.12 bits per heavy atom. The molecule has 0 aliphatic carbocycles. The fraction of sp³-hybridized carbons (Fsp3) is 0.316. The summed E-state index contributed by atoms with van der Waals surface area (Å²) in [4.78, 5) is 12.0. The molecule has 2 aromatic carbocycles. The number of carbonyl (C=O) groups excluding carboxylic acids is 1. The highest BCUT2D eigenvalue weighted by Gasteiger charge is 2.13. The number of unbranched alkanes of at least 4 members (excludes halogenated alkanes) is 1. The minimum absolute atomic E-state index is 0.138. The summed E-state index contributed by atoms with van der Waals surface area (Å²) in [6.45, 7) is 2.45. The summed E-state index contributed by atoms with van der Waals surface area (Å²) in [7, 11) is 0. The van der Waals surface area contributed by atoms with E-state index in [1.54, 1.807) is 0 Å². The van der Waals surface area contributed by atoms with Gasteiger partial charge in [-0.05, 0) is 41.3 Å². The van der Waals surface area contributed by atoms with E-state index in [4.69, 9.17) is 28.9 Å². The second kappa shape index (κ2) is 9.07. The molecule has 1 atom stereocenters. The maximum absolute atomic E-state index is 12.0. The largest absolute Gasteiger partial charge is 0.351 e. The minimum Gasteiger partial charge on any atom is -0.351 e. The van der Waals surface area contributed by atoms with Gasteiger partial charge in [0.05, 0.1) is 6.04 Å². The Morgan fingerprint density at radius 2 is 1.79 bits per heavy atom. The fourth-order valence-electron chi connectivity index (χ4n) is 2.38. The number of hydrogen-bond donors (Lipinski definition) is 2. The van der Waals surface area contributed by atoms with E-state index in [-0.39, 0.29) is 5.91 Å². The van der Waals surface area contributed by atoms with E-state index in [0.29, 0.717) is 23.0 Å². The van der Waals surface area contributed by atoms with Gasteiger partial charge in [0.2, 0.25) is 5.91 Å². The number of rotatable bonds is 7. The molecule has 0 heterocycles. The van der Waals surface area contributed by atoms with Crippen LogP contribution in [0.1, 0.15) is 31.7 Å². The smallest absolute Gasteiger partial charge is 0.237 e. The Bertz CT molecular complexity index is 686. The molecule has 3 nitrogen and oxygen atoms in total. The number of benzene rings is 2. The summed E-state index contributed by atoms with van der Waals surface area (Å²) in [6.07, 6.45) is 2.68. The molecule has 0 radical (unpaired) electrons. The van der Waals surface area contributed by atoms with Crippen LogP contribution in [0.4, 0.5) is 0 Å². The second-order valence-electron chi connectivity index (χ2n) is 5.78. The SMILES string of the molecule is CCCCC(N)C(=O)NCc1ccc(-c2ccc(Cl)cc2)cc1Cl. The van der Waals surface area contributed by atoms with Crippen molar-refractivity contribution in [2.45, 2.75) is 38.8 Å². The summed E-state index contributed by atoms with van der Waals surface area (Å²) in [5.74, 6) is -0.138. The summed E-state index contributed by atoms with van der Waals surface area (Å²) in [5.41, 5.74) is 8.77. The highest BCUT2D eigenvalue weighted by atomic mass is 35.5. The number of hydrogen-bond acceptors (Lipinski definition) is 2. The van der Waals surface area contributed by atoms with Crippen molar-refractivity contribution in [3.8, 4) is 11.1 Å². The van der Waals surface area contributed by atoms with Gasteiger partial charge in [0.1, 0.15) is 0 Å². The Hall–Kier alpha value is -1.55. The Kier molecular flexibility index (Phi) is 7.10. The quantitative estimate of drug-likeness (QED) is 0.741. The van der Waals surface area contributed by atoms with Gasteiger partial charge < -0.3 is 11.1 Å². The van der Waals surface area contributed by atoms with Crippen LogP contribution in [0, 0.1) is 0 Å². The van der Waals surface area contributed by atoms with Crippen molar-refractivity contribution in [3.63, 3.8) is 0 Å². The van der Waals surface area contributed by atoms with Gasteiger partial charge in [-0.3, -0.25) is 4.79 Å². The number of nitrogens with one attached hydrogen (secondary N) is 1. The molecule has 24 heavy (non-hydrogen) atoms. The average molecular weight is 365 g/mol. The van der Waals surface area contributed by atoms with Crippen molar-refractivity contribution in [1.82, 2.24) is 5.32 Å². The van der Waals surface area contributed by atoms with Crippen molar-refractivity contribution in [2.24, 2.45) is 5.73 Å². The second-order valence-corrected chi connectivity index (χ2v) is 6.62. The third-order valence-electron chi connectivity index (χ3n) is 3.89. The standard InChI is InChI=1S/C19H22Cl2N2O/c1-2-3-4-18(22)19(24)23-12-15-6-5-14(11-17(15)21)13-7-9-16(20)10-8-13/h5-11,18H,2-4,12,22H2,1H3,(H,23,24). The molecule has 0 fully saturated rings. The van der Waals surface area contributed by atoms with Gasteiger partial charge in [-0.1, -0.05) is 67.2 Å². The van der Waals surface area contributed by atoms with E-state index in [0.717, 1.165) is 29.5 Å². The topological polar surface area (TPSA) is 55.1 Å². The maximum Gasteiger partial charge on any atom is 0.237 e. The lowest BCUT2D eigenvalue weighted by molar-refractivity contribution is -0.122. The van der Waals surface area contributed by atoms with E-state index in [2.05, 4.69) is 12.2 Å². The van der Waals surface area contributed by atoms with Gasteiger partial charge in [-0.15, -0.1) is 0 Å². The molecule has 3 N–H and O–H groups in total. The van der Waals surface area contributed by atoms with Gasteiger partial charge >= 0.3 is 0 Å². The molecular weight excluding hydrogens is 343 g/mol. The first-order valence-corrected chi connectivity index (χ1v) is 8.84. The molecule has 1 unspecified atom stereocenters. The van der Waals surface area contributed by atoms with E-state index in [1.165, 1.54) is 0 Å². The van der Waals surface area contributed by atoms with Crippen molar-refractivity contribution in [3.05, 3.63) is 58.1 Å². The summed E-state index contributed by atoms with van der Waals surface area (Å²) in [5, 5.41) is 4.16. The zero-order valence-electron chi connectivity index (χ0n) is 13.7. The Balaban J connectivity index is 2.00. The van der Waals surface area contributed by atoms with E-state index >= 15 is 0 Å². The molecule has 2 aromatic rings. The van der Waals surface area contributed by atoms with Crippen LogP contribution in [-0.2, 0) is 11.3 Å². The van der Waals surface area contributed by atoms with Crippen LogP contribution in [0.3, 0.4) is 0 Å². The van der Waals surface area contributed by atoms with Crippen LogP contribution >= 0.6 is 23.2 Å². The molecule has 128 valence electrons. The molecular formula is C19H22Cl2N2O. The predicted molar refractivity (Wildman–Crippen MR) is 101 cm³/mol. The zero-order valence-corrected chi connectivity index (χ0v) is 15.2. The highest BCUT2D eigenvalue weighted by molar-refractivity contribution is 6.31. The lowest BCUT2D eigenvalue weighted by Gasteiger charge is -2.13. The molecule has 2 rings (SSSR count). The average Bonchev–Trinajstić information content (AvgIpc) is 2.58. The Morgan fingerprint density at radius 3 is 2.42 bits per heavy atom. The molecule has 0 saturated heterocycles. The third kappa shape index (κ3) is 5.23. The van der Waals surface area contributed by atoms with Gasteiger partial charge in [0.15, 0.2) is 0 Å². The van der Waals surface area contributed by atoms with Gasteiger partial charge in [0.25, 0.3) is 0 Å². The van der Waals surface area contributed by atoms with Crippen LogP contribution in [0.25, 0.3) is 11.1 Å². The summed E-state index contributed by atoms with van der Waals surface area (Å²) in [6, 6.07) is 12.9.